The first kappa shape index (κ1) is 64.4. The van der Waals surface area contributed by atoms with Crippen molar-refractivity contribution in [2.75, 3.05) is 18.6 Å². The van der Waals surface area contributed by atoms with E-state index in [0.717, 1.165) is 16.5 Å². The molecule has 1 spiro atoms. The fraction of sp³-hybridized carbons (Fsp3) is 0.672. The summed E-state index contributed by atoms with van der Waals surface area (Å²) in [5, 5.41) is 1.69. The van der Waals surface area contributed by atoms with E-state index in [1.165, 1.54) is 5.56 Å². The minimum atomic E-state index is -4.16. The monoisotopic (exact) mass is 1300 g/mol. The first-order valence-corrected chi connectivity index (χ1v) is 47.1. The molecule has 8 aliphatic heterocycles. The Morgan fingerprint density at radius 2 is 1.00 bits per heavy atom. The van der Waals surface area contributed by atoms with Gasteiger partial charge in [0.25, 0.3) is 0 Å². The Labute approximate surface area is 508 Å². The van der Waals surface area contributed by atoms with E-state index in [9.17, 15) is 9.59 Å². The van der Waals surface area contributed by atoms with E-state index in [4.69, 9.17) is 64.5 Å². The van der Waals surface area contributed by atoms with Crippen LogP contribution in [0.25, 0.3) is 10.8 Å². The summed E-state index contributed by atoms with van der Waals surface area (Å²) in [7, 11) is -29.3. The van der Waals surface area contributed by atoms with Crippen molar-refractivity contribution < 1.29 is 69.1 Å². The number of nitrogens with zero attached hydrogens (tertiary/aromatic N) is 2. The molecule has 11 rings (SSSR count). The fourth-order valence-corrected chi connectivity index (χ4v) is 70.9. The smallest absolute Gasteiger partial charge is 0.466 e. The van der Waals surface area contributed by atoms with Crippen LogP contribution in [0, 0.1) is 41.4 Å². The van der Waals surface area contributed by atoms with E-state index in [2.05, 4.69) is 134 Å². The topological polar surface area (TPSA) is 179 Å². The largest absolute Gasteiger partial charge is 0.479 e. The molecule has 8 heterocycles. The highest BCUT2D eigenvalue weighted by Crippen LogP contribution is 2.58. The molecule has 26 heteroatoms. The summed E-state index contributed by atoms with van der Waals surface area (Å²) in [6, 6.07) is 21.4. The van der Waals surface area contributed by atoms with Crippen molar-refractivity contribution in [2.24, 2.45) is 46.4 Å². The van der Waals surface area contributed by atoms with Crippen LogP contribution < -0.4 is 14.4 Å². The minimum Gasteiger partial charge on any atom is -0.466 e. The van der Waals surface area contributed by atoms with Crippen LogP contribution in [-0.2, 0) is 65.0 Å². The standard InChI is InChI=1S/C58H94N2O16Si8/c1-41(2)32-77-40-78(33-42(3)4)68-80(34-43(5)6)70-79(66-77,71-83(37-46(11)12)74-81(67-77,35-44(7)8)72-82(69-78,36-45(9)10)75-84(73-80,76-83)38-47(13)14)30-20-29-63-54(61)27-28-55(62)64-49-25-23-48-24-26-53-56(50(48)31-49)59-39-58(65-53)57(15,16)51-21-18-19-22-52(51)60(58)17/h18-19,21-26,31,39,41-47H,20,27-30,32-38,40H2,1-17H3. The molecule has 18 nitrogen and oxygen atoms in total. The molecule has 9 atom stereocenters. The number of para-hydroxylation sites is 1. The number of esters is 2. The second kappa shape index (κ2) is 23.7. The molecule has 464 valence electrons. The normalized spacial score (nSPS) is 33.7. The summed E-state index contributed by atoms with van der Waals surface area (Å²) in [5.41, 5.74) is 2.12. The van der Waals surface area contributed by atoms with Crippen LogP contribution in [0.3, 0.4) is 0 Å². The average Bonchev–Trinajstić information content (AvgIpc) is 0.758. The predicted molar refractivity (Wildman–Crippen MR) is 339 cm³/mol. The Morgan fingerprint density at radius 1 is 0.560 bits per heavy atom. The van der Waals surface area contributed by atoms with E-state index in [-0.39, 0.29) is 66.9 Å². The van der Waals surface area contributed by atoms with E-state index in [1.807, 2.05) is 37.5 Å². The maximum Gasteiger partial charge on any atom is 0.479 e. The zero-order chi connectivity index (χ0) is 60.7. The Balaban J connectivity index is 0.923. The van der Waals surface area contributed by atoms with Crippen molar-refractivity contribution in [1.82, 2.24) is 0 Å². The molecule has 3 aromatic carbocycles. The molecule has 3 aromatic rings. The summed E-state index contributed by atoms with van der Waals surface area (Å²) in [6.07, 6.45) is 1.81. The van der Waals surface area contributed by atoms with Gasteiger partial charge >= 0.3 is 81.9 Å². The number of anilines is 1. The van der Waals surface area contributed by atoms with Crippen LogP contribution in [0.4, 0.5) is 11.4 Å². The number of hydrogen-bond donors (Lipinski definition) is 0. The Hall–Kier alpha value is -2.57. The number of carbonyl (C=O) groups is 2. The van der Waals surface area contributed by atoms with Gasteiger partial charge in [-0.1, -0.05) is 127 Å². The van der Waals surface area contributed by atoms with Crippen molar-refractivity contribution >= 4 is 110 Å². The number of aliphatic imine (C=N–C) groups is 1. The molecular weight excluding hydrogens is 1210 g/mol. The van der Waals surface area contributed by atoms with Gasteiger partial charge in [-0.15, -0.1) is 0 Å². The summed E-state index contributed by atoms with van der Waals surface area (Å²) in [6.45, 7) is 34.8. The highest BCUT2D eigenvalue weighted by molar-refractivity contribution is 7.06. The number of ether oxygens (including phenoxy) is 3. The SMILES string of the molecule is CC(C)C[Si]12C[Si]3(CC(C)C)O[Si]4(CC(C)C)O[Si](CCCOC(=O)CCC(=O)Oc5ccc6ccc7c(c6c5)N=CC5(O7)N(C)c6ccccc6C5(C)C)(O1)O[Si]1(CC(C)C)O[Si](CC(C)C)(O2)O[Si](CC(C)C)(O3)O[Si](CC(C)C)(O4)O1. The average molecular weight is 1300 g/mol. The Kier molecular flexibility index (Phi) is 18.1. The summed E-state index contributed by atoms with van der Waals surface area (Å²) in [4.78, 5) is 34.4. The second-order valence-corrected chi connectivity index (χ2v) is 53.8. The molecule has 8 bridgehead atoms. The maximum atomic E-state index is 13.7. The minimum absolute atomic E-state index is 0.000687. The molecule has 0 aromatic heterocycles. The molecule has 0 saturated carbocycles. The van der Waals surface area contributed by atoms with Gasteiger partial charge in [-0.3, -0.25) is 14.6 Å². The highest BCUT2D eigenvalue weighted by Gasteiger charge is 2.82. The zero-order valence-electron chi connectivity index (χ0n) is 52.9. The first-order valence-electron chi connectivity index (χ1n) is 31.0. The van der Waals surface area contributed by atoms with Gasteiger partial charge in [0.15, 0.2) is 0 Å². The quantitative estimate of drug-likeness (QED) is 0.0401. The van der Waals surface area contributed by atoms with Gasteiger partial charge in [-0.25, -0.2) is 0 Å². The number of likely N-dealkylation sites (N-methyl/N-ethyl adjacent to an activating group) is 1. The molecule has 0 amide bonds. The highest BCUT2D eigenvalue weighted by atomic mass is 28.6. The number of rotatable bonds is 22. The lowest BCUT2D eigenvalue weighted by Crippen LogP contribution is -2.88. The van der Waals surface area contributed by atoms with Crippen LogP contribution in [0.15, 0.2) is 59.6 Å². The molecule has 0 radical (unpaired) electrons. The molecule has 6 fully saturated rings. The summed E-state index contributed by atoms with van der Waals surface area (Å²) in [5.74, 6) is 0.520. The van der Waals surface area contributed by atoms with Crippen molar-refractivity contribution in [3.63, 3.8) is 0 Å². The van der Waals surface area contributed by atoms with Gasteiger partial charge in [-0.05, 0) is 109 Å². The molecule has 84 heavy (non-hydrogen) atoms. The van der Waals surface area contributed by atoms with Crippen molar-refractivity contribution in [1.29, 1.82) is 0 Å². The third-order valence-corrected chi connectivity index (χ3v) is 59.4. The van der Waals surface area contributed by atoms with Crippen molar-refractivity contribution in [3.05, 3.63) is 60.2 Å². The molecule has 6 saturated heterocycles. The molecule has 0 N–H and O–H groups in total. The lowest BCUT2D eigenvalue weighted by molar-refractivity contribution is -0.147. The van der Waals surface area contributed by atoms with Gasteiger partial charge in [0.1, 0.15) is 17.2 Å². The third-order valence-electron chi connectivity index (χ3n) is 16.4. The summed E-state index contributed by atoms with van der Waals surface area (Å²) < 4.78 is 106. The zero-order valence-corrected chi connectivity index (χ0v) is 60.9. The first-order chi connectivity index (χ1) is 39.3. The lowest BCUT2D eigenvalue weighted by Gasteiger charge is -2.64. The van der Waals surface area contributed by atoms with E-state index in [1.54, 1.807) is 12.1 Å². The Morgan fingerprint density at radius 3 is 1.49 bits per heavy atom. The van der Waals surface area contributed by atoms with Gasteiger partial charge < -0.3 is 64.4 Å². The number of fused-ring (bicyclic) bond motifs is 4. The van der Waals surface area contributed by atoms with Gasteiger partial charge in [0, 0.05) is 60.1 Å². The van der Waals surface area contributed by atoms with Crippen LogP contribution in [0.5, 0.6) is 11.5 Å². The number of hydrogen-bond acceptors (Lipinski definition) is 18. The summed E-state index contributed by atoms with van der Waals surface area (Å²) >= 11 is 0. The third kappa shape index (κ3) is 12.9. The van der Waals surface area contributed by atoms with E-state index >= 15 is 0 Å². The van der Waals surface area contributed by atoms with Crippen LogP contribution in [-0.4, -0.2) is 107 Å². The maximum absolute atomic E-state index is 13.7. The number of benzene rings is 3. The van der Waals surface area contributed by atoms with Crippen molar-refractivity contribution in [3.8, 4) is 11.5 Å². The van der Waals surface area contributed by atoms with Crippen LogP contribution in [0.2, 0.25) is 54.0 Å². The lowest BCUT2D eigenvalue weighted by atomic mass is 9.77. The van der Waals surface area contributed by atoms with E-state index < -0.39 is 93.0 Å². The molecular formula is C58H94N2O16Si8. The second-order valence-electron chi connectivity index (χ2n) is 28.3. The van der Waals surface area contributed by atoms with Crippen LogP contribution >= 0.6 is 0 Å². The molecule has 8 aliphatic rings. The van der Waals surface area contributed by atoms with Crippen LogP contribution in [0.1, 0.15) is 136 Å². The van der Waals surface area contributed by atoms with Gasteiger partial charge in [-0.2, -0.15) is 0 Å². The molecule has 9 unspecified atom stereocenters. The van der Waals surface area contributed by atoms with E-state index in [0.29, 0.717) is 71.6 Å². The number of carbonyl (C=O) groups excluding carboxylic acids is 2. The molecule has 0 aliphatic carbocycles. The fourth-order valence-electron chi connectivity index (χ4n) is 13.9. The van der Waals surface area contributed by atoms with Gasteiger partial charge in [0.2, 0.25) is 5.72 Å². The van der Waals surface area contributed by atoms with Crippen molar-refractivity contribution in [2.45, 2.75) is 195 Å². The van der Waals surface area contributed by atoms with Gasteiger partial charge in [0.05, 0.1) is 31.1 Å². The predicted octanol–water partition coefficient (Wildman–Crippen LogP) is 13.6. The Bertz CT molecular complexity index is 2820.